The van der Waals surface area contributed by atoms with Crippen LogP contribution in [-0.2, 0) is 0 Å². The van der Waals surface area contributed by atoms with Crippen molar-refractivity contribution in [1.82, 2.24) is 9.99 Å². The number of hydrazone groups is 1. The predicted octanol–water partition coefficient (Wildman–Crippen LogP) is 4.72. The summed E-state index contributed by atoms with van der Waals surface area (Å²) in [4.78, 5) is 10.1. The molecule has 6 nitrogen and oxygen atoms in total. The topological polar surface area (TPSA) is 72.5 Å². The van der Waals surface area contributed by atoms with Crippen molar-refractivity contribution in [3.8, 4) is 5.69 Å². The number of aryl methyl sites for hydroxylation is 1. The molecular weight excluding hydrogens is 413 g/mol. The van der Waals surface area contributed by atoms with Crippen LogP contribution >= 0.6 is 0 Å². The van der Waals surface area contributed by atoms with Gasteiger partial charge in [-0.3, -0.25) is 10.1 Å². The second-order valence-electron chi connectivity index (χ2n) is 5.95. The highest BCUT2D eigenvalue weighted by atomic mass is 19.4. The van der Waals surface area contributed by atoms with Crippen LogP contribution in [-0.4, -0.2) is 33.9 Å². The standard InChI is InChI=1S/C16H13F7N4O2/c1-9-7-11(8-24-25-16(22,23)14(17,18)15(19,20)21)10(2)26(9)12-3-5-13(6-4-12)27(28)29/h3-8,25H,1-2H3/b24-8-. The fourth-order valence-electron chi connectivity index (χ4n) is 2.47. The maximum absolute atomic E-state index is 13.2. The quantitative estimate of drug-likeness (QED) is 0.239. The molecule has 1 heterocycles. The molecule has 2 rings (SSSR count). The molecule has 158 valence electrons. The van der Waals surface area contributed by atoms with E-state index in [0.29, 0.717) is 28.7 Å². The van der Waals surface area contributed by atoms with Crippen LogP contribution in [0.5, 0.6) is 0 Å². The summed E-state index contributed by atoms with van der Waals surface area (Å²) in [7, 11) is 0. The normalized spacial score (nSPS) is 13.1. The van der Waals surface area contributed by atoms with Gasteiger partial charge < -0.3 is 4.57 Å². The number of nitro groups is 1. The van der Waals surface area contributed by atoms with Crippen LogP contribution in [0.2, 0.25) is 0 Å². The van der Waals surface area contributed by atoms with Gasteiger partial charge in [-0.1, -0.05) is 0 Å². The second-order valence-corrected chi connectivity index (χ2v) is 5.95. The Kier molecular flexibility index (Phi) is 5.63. The number of nitrogens with zero attached hydrogens (tertiary/aromatic N) is 3. The first-order valence-corrected chi connectivity index (χ1v) is 7.75. The fraction of sp³-hybridized carbons (Fsp3) is 0.312. The third-order valence-corrected chi connectivity index (χ3v) is 3.95. The molecule has 0 aliphatic carbocycles. The van der Waals surface area contributed by atoms with Gasteiger partial charge in [0.15, 0.2) is 0 Å². The van der Waals surface area contributed by atoms with Crippen LogP contribution in [0.4, 0.5) is 36.4 Å². The molecule has 0 fully saturated rings. The Morgan fingerprint density at radius 3 is 2.10 bits per heavy atom. The van der Waals surface area contributed by atoms with Crippen molar-refractivity contribution in [3.63, 3.8) is 0 Å². The van der Waals surface area contributed by atoms with Gasteiger partial charge in [-0.2, -0.15) is 35.8 Å². The molecule has 0 spiro atoms. The lowest BCUT2D eigenvalue weighted by Crippen LogP contribution is -2.58. The number of nitrogens with one attached hydrogen (secondary N) is 1. The van der Waals surface area contributed by atoms with Gasteiger partial charge in [0.25, 0.3) is 5.69 Å². The Labute approximate surface area is 158 Å². The van der Waals surface area contributed by atoms with E-state index in [9.17, 15) is 40.8 Å². The number of hydrogen-bond acceptors (Lipinski definition) is 4. The summed E-state index contributed by atoms with van der Waals surface area (Å²) in [6, 6.07) is 1.09. The average Bonchev–Trinajstić information content (AvgIpc) is 2.87. The van der Waals surface area contributed by atoms with Crippen LogP contribution in [0.1, 0.15) is 17.0 Å². The van der Waals surface area contributed by atoms with Crippen molar-refractivity contribution < 1.29 is 35.7 Å². The molecule has 0 atom stereocenters. The van der Waals surface area contributed by atoms with Crippen molar-refractivity contribution in [2.45, 2.75) is 32.0 Å². The van der Waals surface area contributed by atoms with Gasteiger partial charge in [0.1, 0.15) is 0 Å². The third kappa shape index (κ3) is 4.17. The third-order valence-electron chi connectivity index (χ3n) is 3.95. The zero-order chi connectivity index (χ0) is 22.2. The number of nitro benzene ring substituents is 1. The Morgan fingerprint density at radius 1 is 1.07 bits per heavy atom. The van der Waals surface area contributed by atoms with Crippen LogP contribution in [0.3, 0.4) is 0 Å². The van der Waals surface area contributed by atoms with E-state index in [1.807, 2.05) is 0 Å². The number of rotatable bonds is 6. The van der Waals surface area contributed by atoms with Crippen LogP contribution in [0, 0.1) is 24.0 Å². The molecule has 2 aromatic rings. The number of halogens is 7. The first-order chi connectivity index (χ1) is 13.2. The van der Waals surface area contributed by atoms with Crippen molar-refractivity contribution in [2.75, 3.05) is 0 Å². The minimum atomic E-state index is -6.47. The largest absolute Gasteiger partial charge is 0.462 e. The molecule has 0 aliphatic rings. The first-order valence-electron chi connectivity index (χ1n) is 7.75. The monoisotopic (exact) mass is 426 g/mol. The predicted molar refractivity (Wildman–Crippen MR) is 88.6 cm³/mol. The number of aromatic nitrogens is 1. The maximum Gasteiger partial charge on any atom is 0.462 e. The summed E-state index contributed by atoms with van der Waals surface area (Å²) in [5, 5.41) is 13.5. The lowest BCUT2D eigenvalue weighted by atomic mass is 10.2. The highest BCUT2D eigenvalue weighted by molar-refractivity contribution is 5.82. The van der Waals surface area contributed by atoms with E-state index in [2.05, 4.69) is 5.10 Å². The van der Waals surface area contributed by atoms with E-state index in [1.165, 1.54) is 37.3 Å². The summed E-state index contributed by atoms with van der Waals surface area (Å²) in [6.07, 6.45) is -5.80. The summed E-state index contributed by atoms with van der Waals surface area (Å²) in [5.74, 6) is -6.33. The molecule has 13 heteroatoms. The second kappa shape index (κ2) is 7.37. The highest BCUT2D eigenvalue weighted by Gasteiger charge is 2.73. The lowest BCUT2D eigenvalue weighted by Gasteiger charge is -2.27. The van der Waals surface area contributed by atoms with Crippen LogP contribution in [0.15, 0.2) is 35.4 Å². The minimum absolute atomic E-state index is 0.152. The smallest absolute Gasteiger partial charge is 0.318 e. The van der Waals surface area contributed by atoms with E-state index < -0.39 is 23.1 Å². The van der Waals surface area contributed by atoms with E-state index in [1.54, 1.807) is 11.5 Å². The van der Waals surface area contributed by atoms with Gasteiger partial charge in [-0.05, 0) is 32.0 Å². The van der Waals surface area contributed by atoms with Crippen LogP contribution in [0.25, 0.3) is 5.69 Å². The Bertz CT molecular complexity index is 934. The summed E-state index contributed by atoms with van der Waals surface area (Å²) < 4.78 is 89.9. The minimum Gasteiger partial charge on any atom is -0.318 e. The van der Waals surface area contributed by atoms with Crippen molar-refractivity contribution in [3.05, 3.63) is 57.4 Å². The summed E-state index contributed by atoms with van der Waals surface area (Å²) in [5.41, 5.74) is 1.94. The molecular formula is C16H13F7N4O2. The SMILES string of the molecule is Cc1cc(/C=N\NC(F)(F)C(F)(F)C(F)(F)F)c(C)n1-c1ccc([N+](=O)[O-])cc1. The van der Waals surface area contributed by atoms with Crippen LogP contribution < -0.4 is 5.43 Å². The van der Waals surface area contributed by atoms with Crippen molar-refractivity contribution >= 4 is 11.9 Å². The van der Waals surface area contributed by atoms with Gasteiger partial charge in [0, 0.05) is 34.8 Å². The van der Waals surface area contributed by atoms with Gasteiger partial charge in [0.05, 0.1) is 11.1 Å². The molecule has 29 heavy (non-hydrogen) atoms. The van der Waals surface area contributed by atoms with Crippen molar-refractivity contribution in [2.24, 2.45) is 5.10 Å². The van der Waals surface area contributed by atoms with Crippen molar-refractivity contribution in [1.29, 1.82) is 0 Å². The van der Waals surface area contributed by atoms with Gasteiger partial charge >= 0.3 is 18.1 Å². The molecule has 0 radical (unpaired) electrons. The van der Waals surface area contributed by atoms with Gasteiger partial charge in [-0.15, -0.1) is 0 Å². The van der Waals surface area contributed by atoms with E-state index in [0.717, 1.165) is 0 Å². The maximum atomic E-state index is 13.2. The zero-order valence-electron chi connectivity index (χ0n) is 14.8. The number of alkyl halides is 7. The summed E-state index contributed by atoms with van der Waals surface area (Å²) >= 11 is 0. The lowest BCUT2D eigenvalue weighted by molar-refractivity contribution is -0.384. The Morgan fingerprint density at radius 2 is 1.62 bits per heavy atom. The molecule has 0 amide bonds. The molecule has 0 saturated heterocycles. The highest BCUT2D eigenvalue weighted by Crippen LogP contribution is 2.45. The Balaban J connectivity index is 2.27. The molecule has 0 bridgehead atoms. The first kappa shape index (κ1) is 22.2. The Hall–Kier alpha value is -3.12. The van der Waals surface area contributed by atoms with E-state index >= 15 is 0 Å². The zero-order valence-corrected chi connectivity index (χ0v) is 14.8. The van der Waals surface area contributed by atoms with E-state index in [4.69, 9.17) is 0 Å². The van der Waals surface area contributed by atoms with Gasteiger partial charge in [-0.25, -0.2) is 5.43 Å². The molecule has 1 aromatic carbocycles. The number of benzene rings is 1. The number of non-ortho nitro benzene ring substituents is 1. The molecule has 1 N–H and O–H groups in total. The molecule has 0 aliphatic heterocycles. The fourth-order valence-corrected chi connectivity index (χ4v) is 2.47. The molecule has 0 saturated carbocycles. The number of hydrogen-bond donors (Lipinski definition) is 1. The molecule has 0 unspecified atom stereocenters. The average molecular weight is 426 g/mol. The van der Waals surface area contributed by atoms with Gasteiger partial charge in [0.2, 0.25) is 0 Å². The summed E-state index contributed by atoms with van der Waals surface area (Å²) in [6.45, 7) is 3.11. The molecule has 1 aromatic heterocycles. The van der Waals surface area contributed by atoms with E-state index in [-0.39, 0.29) is 11.3 Å².